The van der Waals surface area contributed by atoms with Crippen molar-refractivity contribution in [2.24, 2.45) is 0 Å². The van der Waals surface area contributed by atoms with Crippen LogP contribution in [0.1, 0.15) is 24.1 Å². The lowest BCUT2D eigenvalue weighted by Gasteiger charge is -2.23. The summed E-state index contributed by atoms with van der Waals surface area (Å²) < 4.78 is 11.2. The van der Waals surface area contributed by atoms with E-state index < -0.39 is 0 Å². The molecular weight excluding hydrogens is 288 g/mol. The topological polar surface area (TPSA) is 43.4 Å². The lowest BCUT2D eigenvalue weighted by Crippen LogP contribution is -2.23. The Balaban J connectivity index is 1.99. The molecule has 21 heavy (non-hydrogen) atoms. The van der Waals surface area contributed by atoms with Crippen LogP contribution in [0.25, 0.3) is 0 Å². The lowest BCUT2D eigenvalue weighted by atomic mass is 9.99. The van der Waals surface area contributed by atoms with Gasteiger partial charge in [-0.3, -0.25) is 4.98 Å². The average molecular weight is 305 g/mol. The van der Waals surface area contributed by atoms with E-state index in [2.05, 4.69) is 17.2 Å². The largest absolute Gasteiger partial charge is 0.486 e. The van der Waals surface area contributed by atoms with E-state index in [0.717, 1.165) is 29.2 Å². The van der Waals surface area contributed by atoms with E-state index in [9.17, 15) is 0 Å². The Hall–Kier alpha value is -1.78. The second kappa shape index (κ2) is 6.33. The number of ether oxygens (including phenoxy) is 2. The zero-order chi connectivity index (χ0) is 14.7. The zero-order valence-corrected chi connectivity index (χ0v) is 12.6. The molecule has 1 N–H and O–H groups in total. The van der Waals surface area contributed by atoms with Gasteiger partial charge in [-0.25, -0.2) is 0 Å². The van der Waals surface area contributed by atoms with Gasteiger partial charge in [-0.1, -0.05) is 24.6 Å². The Labute approximate surface area is 129 Å². The first-order chi connectivity index (χ1) is 10.3. The molecule has 0 aliphatic carbocycles. The summed E-state index contributed by atoms with van der Waals surface area (Å²) in [6, 6.07) is 7.94. The van der Waals surface area contributed by atoms with Gasteiger partial charge in [0.25, 0.3) is 0 Å². The van der Waals surface area contributed by atoms with Crippen molar-refractivity contribution in [1.82, 2.24) is 10.3 Å². The number of nitrogens with zero attached hydrogens (tertiary/aromatic N) is 1. The Bertz CT molecular complexity index is 633. The van der Waals surface area contributed by atoms with Crippen LogP contribution >= 0.6 is 11.6 Å². The van der Waals surface area contributed by atoms with Crippen LogP contribution in [0.4, 0.5) is 0 Å². The van der Waals surface area contributed by atoms with Crippen molar-refractivity contribution in [3.05, 3.63) is 52.8 Å². The molecule has 0 saturated heterocycles. The summed E-state index contributed by atoms with van der Waals surface area (Å²) in [6.45, 7) is 4.08. The highest BCUT2D eigenvalue weighted by atomic mass is 35.5. The second-order valence-electron chi connectivity index (χ2n) is 4.79. The van der Waals surface area contributed by atoms with Crippen molar-refractivity contribution < 1.29 is 9.47 Å². The average Bonchev–Trinajstić information content (AvgIpc) is 2.53. The Morgan fingerprint density at radius 3 is 2.81 bits per heavy atom. The smallest absolute Gasteiger partial charge is 0.161 e. The van der Waals surface area contributed by atoms with Crippen LogP contribution in [-0.2, 0) is 0 Å². The minimum atomic E-state index is 0.00123. The van der Waals surface area contributed by atoms with E-state index in [1.807, 2.05) is 24.3 Å². The third-order valence-electron chi connectivity index (χ3n) is 3.42. The molecule has 0 amide bonds. The fourth-order valence-corrected chi connectivity index (χ4v) is 2.70. The first kappa shape index (κ1) is 14.2. The molecule has 2 aromatic rings. The molecule has 0 spiro atoms. The number of aromatic nitrogens is 1. The Morgan fingerprint density at radius 1 is 1.24 bits per heavy atom. The lowest BCUT2D eigenvalue weighted by molar-refractivity contribution is 0.171. The second-order valence-corrected chi connectivity index (χ2v) is 5.20. The fraction of sp³-hybridized carbons (Fsp3) is 0.312. The van der Waals surface area contributed by atoms with E-state index in [1.165, 1.54) is 0 Å². The van der Waals surface area contributed by atoms with Crippen molar-refractivity contribution in [1.29, 1.82) is 0 Å². The SMILES string of the molecule is CCNC(c1ccc2c(c1)OCCO2)c1ccncc1Cl. The monoisotopic (exact) mass is 304 g/mol. The minimum absolute atomic E-state index is 0.00123. The Morgan fingerprint density at radius 2 is 2.05 bits per heavy atom. The van der Waals surface area contributed by atoms with Gasteiger partial charge in [-0.05, 0) is 35.9 Å². The van der Waals surface area contributed by atoms with E-state index >= 15 is 0 Å². The summed E-state index contributed by atoms with van der Waals surface area (Å²) in [6.07, 6.45) is 3.42. The summed E-state index contributed by atoms with van der Waals surface area (Å²) in [5, 5.41) is 4.11. The summed E-state index contributed by atoms with van der Waals surface area (Å²) >= 11 is 6.29. The van der Waals surface area contributed by atoms with Gasteiger partial charge in [0.1, 0.15) is 13.2 Å². The van der Waals surface area contributed by atoms with Crippen LogP contribution in [-0.4, -0.2) is 24.7 Å². The van der Waals surface area contributed by atoms with Gasteiger partial charge in [0.05, 0.1) is 11.1 Å². The van der Waals surface area contributed by atoms with Gasteiger partial charge in [0.2, 0.25) is 0 Å². The summed E-state index contributed by atoms with van der Waals surface area (Å²) in [7, 11) is 0. The molecule has 1 atom stereocenters. The first-order valence-electron chi connectivity index (χ1n) is 7.02. The highest BCUT2D eigenvalue weighted by Crippen LogP contribution is 2.35. The van der Waals surface area contributed by atoms with Crippen LogP contribution in [0.3, 0.4) is 0 Å². The van der Waals surface area contributed by atoms with Crippen molar-refractivity contribution in [2.75, 3.05) is 19.8 Å². The highest BCUT2D eigenvalue weighted by molar-refractivity contribution is 6.31. The number of nitrogens with one attached hydrogen (secondary N) is 1. The van der Waals surface area contributed by atoms with Crippen molar-refractivity contribution in [2.45, 2.75) is 13.0 Å². The first-order valence-corrected chi connectivity index (χ1v) is 7.39. The normalized spacial score (nSPS) is 14.8. The number of halogens is 1. The molecule has 0 radical (unpaired) electrons. The zero-order valence-electron chi connectivity index (χ0n) is 11.8. The number of hydrogen-bond acceptors (Lipinski definition) is 4. The molecule has 1 aliphatic heterocycles. The van der Waals surface area contributed by atoms with Crippen LogP contribution < -0.4 is 14.8 Å². The molecule has 4 nitrogen and oxygen atoms in total. The predicted molar refractivity (Wildman–Crippen MR) is 82.2 cm³/mol. The number of hydrogen-bond donors (Lipinski definition) is 1. The number of rotatable bonds is 4. The molecule has 5 heteroatoms. The molecule has 0 bridgehead atoms. The van der Waals surface area contributed by atoms with Crippen LogP contribution in [0.2, 0.25) is 5.02 Å². The molecule has 3 rings (SSSR count). The molecule has 1 unspecified atom stereocenters. The van der Waals surface area contributed by atoms with E-state index in [-0.39, 0.29) is 6.04 Å². The van der Waals surface area contributed by atoms with Crippen molar-refractivity contribution in [3.8, 4) is 11.5 Å². The van der Waals surface area contributed by atoms with Crippen LogP contribution in [0.15, 0.2) is 36.7 Å². The molecule has 0 fully saturated rings. The van der Waals surface area contributed by atoms with Crippen molar-refractivity contribution >= 4 is 11.6 Å². The van der Waals surface area contributed by atoms with Crippen molar-refractivity contribution in [3.63, 3.8) is 0 Å². The predicted octanol–water partition coefficient (Wildman–Crippen LogP) is 3.21. The van der Waals surface area contributed by atoms with Gasteiger partial charge in [0.15, 0.2) is 11.5 Å². The third-order valence-corrected chi connectivity index (χ3v) is 3.74. The summed E-state index contributed by atoms with van der Waals surface area (Å²) in [5.41, 5.74) is 2.10. The van der Waals surface area contributed by atoms with Gasteiger partial charge in [0, 0.05) is 12.4 Å². The highest BCUT2D eigenvalue weighted by Gasteiger charge is 2.19. The number of fused-ring (bicyclic) bond motifs is 1. The molecule has 1 aliphatic rings. The molecule has 1 aromatic heterocycles. The summed E-state index contributed by atoms with van der Waals surface area (Å²) in [4.78, 5) is 4.05. The van der Waals surface area contributed by atoms with Gasteiger partial charge >= 0.3 is 0 Å². The third kappa shape index (κ3) is 2.96. The molecule has 110 valence electrons. The van der Waals surface area contributed by atoms with E-state index in [0.29, 0.717) is 18.2 Å². The van der Waals surface area contributed by atoms with Gasteiger partial charge in [-0.15, -0.1) is 0 Å². The molecule has 2 heterocycles. The number of benzene rings is 1. The molecule has 0 saturated carbocycles. The molecule has 1 aromatic carbocycles. The Kier molecular flexibility index (Phi) is 4.27. The minimum Gasteiger partial charge on any atom is -0.486 e. The van der Waals surface area contributed by atoms with Crippen LogP contribution in [0, 0.1) is 0 Å². The van der Waals surface area contributed by atoms with Gasteiger partial charge < -0.3 is 14.8 Å². The fourth-order valence-electron chi connectivity index (χ4n) is 2.47. The standard InChI is InChI=1S/C16H17ClN2O2/c1-2-19-16(12-5-6-18-10-13(12)17)11-3-4-14-15(9-11)21-8-7-20-14/h3-6,9-10,16,19H,2,7-8H2,1H3. The maximum Gasteiger partial charge on any atom is 0.161 e. The maximum absolute atomic E-state index is 6.29. The number of pyridine rings is 1. The molecular formula is C16H17ClN2O2. The maximum atomic E-state index is 6.29. The van der Waals surface area contributed by atoms with Crippen LogP contribution in [0.5, 0.6) is 11.5 Å². The summed E-state index contributed by atoms with van der Waals surface area (Å²) in [5.74, 6) is 1.58. The van der Waals surface area contributed by atoms with Gasteiger partial charge in [-0.2, -0.15) is 0 Å². The van der Waals surface area contributed by atoms with E-state index in [1.54, 1.807) is 12.4 Å². The van der Waals surface area contributed by atoms with E-state index in [4.69, 9.17) is 21.1 Å². The quantitative estimate of drug-likeness (QED) is 0.942.